The van der Waals surface area contributed by atoms with E-state index in [1.54, 1.807) is 14.0 Å². The summed E-state index contributed by atoms with van der Waals surface area (Å²) in [7, 11) is 1.66. The van der Waals surface area contributed by atoms with Crippen molar-refractivity contribution in [2.24, 2.45) is 0 Å². The number of halogens is 1. The molecule has 0 aliphatic rings. The molecule has 1 aromatic carbocycles. The molecule has 0 aliphatic heterocycles. The van der Waals surface area contributed by atoms with Crippen molar-refractivity contribution < 1.29 is 14.0 Å². The fourth-order valence-corrected chi connectivity index (χ4v) is 1.36. The third-order valence-corrected chi connectivity index (χ3v) is 2.72. The molecule has 1 rings (SSSR count). The Labute approximate surface area is 106 Å². The van der Waals surface area contributed by atoms with Crippen LogP contribution in [0.1, 0.15) is 22.8 Å². The molecule has 0 fully saturated rings. The highest BCUT2D eigenvalue weighted by Gasteiger charge is 2.11. The maximum absolute atomic E-state index is 13.0. The second kappa shape index (κ2) is 6.14. The van der Waals surface area contributed by atoms with Crippen LogP contribution in [0.2, 0.25) is 0 Å². The zero-order valence-corrected chi connectivity index (χ0v) is 10.8. The van der Waals surface area contributed by atoms with Gasteiger partial charge < -0.3 is 10.2 Å². The zero-order valence-electron chi connectivity index (χ0n) is 10.8. The summed E-state index contributed by atoms with van der Waals surface area (Å²) in [6, 6.07) is 4.09. The molecule has 18 heavy (non-hydrogen) atoms. The minimum Gasteiger partial charge on any atom is -0.345 e. The SMILES string of the molecule is CCN(C)C(=O)CNC(=O)c1ccc(F)c(C)c1. The van der Waals surface area contributed by atoms with Gasteiger partial charge in [-0.05, 0) is 37.6 Å². The van der Waals surface area contributed by atoms with Crippen LogP contribution in [-0.4, -0.2) is 36.9 Å². The van der Waals surface area contributed by atoms with Gasteiger partial charge in [-0.15, -0.1) is 0 Å². The molecule has 0 bridgehead atoms. The fourth-order valence-electron chi connectivity index (χ4n) is 1.36. The summed E-state index contributed by atoms with van der Waals surface area (Å²) < 4.78 is 13.0. The van der Waals surface area contributed by atoms with Crippen LogP contribution >= 0.6 is 0 Å². The molecule has 0 radical (unpaired) electrons. The highest BCUT2D eigenvalue weighted by atomic mass is 19.1. The van der Waals surface area contributed by atoms with E-state index in [0.717, 1.165) is 0 Å². The molecule has 4 nitrogen and oxygen atoms in total. The van der Waals surface area contributed by atoms with E-state index in [0.29, 0.717) is 17.7 Å². The van der Waals surface area contributed by atoms with Gasteiger partial charge in [0.25, 0.3) is 5.91 Å². The van der Waals surface area contributed by atoms with Gasteiger partial charge in [-0.25, -0.2) is 4.39 Å². The zero-order chi connectivity index (χ0) is 13.7. The van der Waals surface area contributed by atoms with E-state index in [9.17, 15) is 14.0 Å². The third-order valence-electron chi connectivity index (χ3n) is 2.72. The first-order valence-corrected chi connectivity index (χ1v) is 5.74. The van der Waals surface area contributed by atoms with E-state index < -0.39 is 0 Å². The van der Waals surface area contributed by atoms with Crippen LogP contribution in [0.3, 0.4) is 0 Å². The van der Waals surface area contributed by atoms with Gasteiger partial charge in [-0.3, -0.25) is 9.59 Å². The Morgan fingerprint density at radius 1 is 1.39 bits per heavy atom. The van der Waals surface area contributed by atoms with Crippen molar-refractivity contribution in [1.82, 2.24) is 10.2 Å². The van der Waals surface area contributed by atoms with Gasteiger partial charge in [-0.1, -0.05) is 0 Å². The number of likely N-dealkylation sites (N-methyl/N-ethyl adjacent to an activating group) is 1. The van der Waals surface area contributed by atoms with Crippen molar-refractivity contribution in [3.63, 3.8) is 0 Å². The lowest BCUT2D eigenvalue weighted by atomic mass is 10.1. The van der Waals surface area contributed by atoms with Crippen molar-refractivity contribution in [3.8, 4) is 0 Å². The normalized spacial score (nSPS) is 10.0. The minimum atomic E-state index is -0.379. The summed E-state index contributed by atoms with van der Waals surface area (Å²) in [5.74, 6) is -0.894. The Morgan fingerprint density at radius 2 is 2.06 bits per heavy atom. The molecule has 0 heterocycles. The predicted octanol–water partition coefficient (Wildman–Crippen LogP) is 1.34. The highest BCUT2D eigenvalue weighted by molar-refractivity contribution is 5.96. The number of nitrogens with one attached hydrogen (secondary N) is 1. The van der Waals surface area contributed by atoms with Crippen LogP contribution in [0.15, 0.2) is 18.2 Å². The number of hydrogen-bond acceptors (Lipinski definition) is 2. The van der Waals surface area contributed by atoms with Gasteiger partial charge in [0.15, 0.2) is 0 Å². The van der Waals surface area contributed by atoms with Crippen LogP contribution in [0.4, 0.5) is 4.39 Å². The summed E-state index contributed by atoms with van der Waals surface area (Å²) in [6.07, 6.45) is 0. The molecule has 0 aliphatic carbocycles. The van der Waals surface area contributed by atoms with Gasteiger partial charge >= 0.3 is 0 Å². The topological polar surface area (TPSA) is 49.4 Å². The molecule has 0 saturated heterocycles. The average molecular weight is 252 g/mol. The first kappa shape index (κ1) is 14.2. The highest BCUT2D eigenvalue weighted by Crippen LogP contribution is 2.08. The Kier molecular flexibility index (Phi) is 4.83. The van der Waals surface area contributed by atoms with E-state index in [-0.39, 0.29) is 24.2 Å². The van der Waals surface area contributed by atoms with Gasteiger partial charge in [-0.2, -0.15) is 0 Å². The molecule has 1 N–H and O–H groups in total. The third kappa shape index (κ3) is 3.55. The van der Waals surface area contributed by atoms with Crippen molar-refractivity contribution in [2.45, 2.75) is 13.8 Å². The van der Waals surface area contributed by atoms with Gasteiger partial charge in [0.05, 0.1) is 6.54 Å². The molecular weight excluding hydrogens is 235 g/mol. The predicted molar refractivity (Wildman–Crippen MR) is 66.8 cm³/mol. The molecule has 0 saturated carbocycles. The van der Waals surface area contributed by atoms with Crippen LogP contribution in [0, 0.1) is 12.7 Å². The summed E-state index contributed by atoms with van der Waals surface area (Å²) in [5, 5.41) is 2.51. The summed E-state index contributed by atoms with van der Waals surface area (Å²) >= 11 is 0. The Bertz CT molecular complexity index is 460. The van der Waals surface area contributed by atoms with Gasteiger partial charge in [0.2, 0.25) is 5.91 Å². The van der Waals surface area contributed by atoms with Crippen LogP contribution < -0.4 is 5.32 Å². The van der Waals surface area contributed by atoms with E-state index in [1.807, 2.05) is 6.92 Å². The Balaban J connectivity index is 2.60. The van der Waals surface area contributed by atoms with Crippen molar-refractivity contribution in [1.29, 1.82) is 0 Å². The quantitative estimate of drug-likeness (QED) is 0.879. The summed E-state index contributed by atoms with van der Waals surface area (Å²) in [5.41, 5.74) is 0.750. The number of nitrogens with zero attached hydrogens (tertiary/aromatic N) is 1. The lowest BCUT2D eigenvalue weighted by molar-refractivity contribution is -0.128. The Morgan fingerprint density at radius 3 is 2.61 bits per heavy atom. The van der Waals surface area contributed by atoms with E-state index >= 15 is 0 Å². The van der Waals surface area contributed by atoms with Crippen molar-refractivity contribution in [3.05, 3.63) is 35.1 Å². The average Bonchev–Trinajstić information content (AvgIpc) is 2.37. The monoisotopic (exact) mass is 252 g/mol. The molecular formula is C13H17FN2O2. The number of benzene rings is 1. The second-order valence-electron chi connectivity index (χ2n) is 4.05. The summed E-state index contributed by atoms with van der Waals surface area (Å²) in [6.45, 7) is 3.97. The minimum absolute atomic E-state index is 0.0560. The molecule has 0 atom stereocenters. The number of hydrogen-bond donors (Lipinski definition) is 1. The van der Waals surface area contributed by atoms with Crippen LogP contribution in [-0.2, 0) is 4.79 Å². The number of amides is 2. The molecule has 1 aromatic rings. The van der Waals surface area contributed by atoms with Crippen molar-refractivity contribution in [2.75, 3.05) is 20.1 Å². The smallest absolute Gasteiger partial charge is 0.251 e. The van der Waals surface area contributed by atoms with Crippen LogP contribution in [0.5, 0.6) is 0 Å². The fraction of sp³-hybridized carbons (Fsp3) is 0.385. The first-order chi connectivity index (χ1) is 8.45. The molecule has 0 unspecified atom stereocenters. The van der Waals surface area contributed by atoms with Gasteiger partial charge in [0, 0.05) is 19.2 Å². The number of rotatable bonds is 4. The molecule has 0 aromatic heterocycles. The molecule has 5 heteroatoms. The molecule has 0 spiro atoms. The lowest BCUT2D eigenvalue weighted by Gasteiger charge is -2.14. The molecule has 98 valence electrons. The van der Waals surface area contributed by atoms with Gasteiger partial charge in [0.1, 0.15) is 5.82 Å². The maximum atomic E-state index is 13.0. The number of carbonyl (C=O) groups is 2. The van der Waals surface area contributed by atoms with Crippen molar-refractivity contribution >= 4 is 11.8 Å². The first-order valence-electron chi connectivity index (χ1n) is 5.74. The van der Waals surface area contributed by atoms with E-state index in [2.05, 4.69) is 5.32 Å². The summed E-state index contributed by atoms with van der Waals surface area (Å²) in [4.78, 5) is 24.7. The van der Waals surface area contributed by atoms with E-state index in [4.69, 9.17) is 0 Å². The van der Waals surface area contributed by atoms with E-state index in [1.165, 1.54) is 23.1 Å². The second-order valence-corrected chi connectivity index (χ2v) is 4.05. The van der Waals surface area contributed by atoms with Crippen LogP contribution in [0.25, 0.3) is 0 Å². The number of carbonyl (C=O) groups excluding carboxylic acids is 2. The lowest BCUT2D eigenvalue weighted by Crippen LogP contribution is -2.38. The largest absolute Gasteiger partial charge is 0.345 e. The maximum Gasteiger partial charge on any atom is 0.251 e. The standard InChI is InChI=1S/C13H17FN2O2/c1-4-16(3)12(17)8-15-13(18)10-5-6-11(14)9(2)7-10/h5-7H,4,8H2,1-3H3,(H,15,18). The number of aryl methyl sites for hydroxylation is 1. The molecule has 2 amide bonds. The Hall–Kier alpha value is -1.91.